The highest BCUT2D eigenvalue weighted by molar-refractivity contribution is 7.18. The van der Waals surface area contributed by atoms with Crippen LogP contribution < -0.4 is 9.80 Å². The van der Waals surface area contributed by atoms with E-state index in [0.29, 0.717) is 18.4 Å². The summed E-state index contributed by atoms with van der Waals surface area (Å²) >= 11 is 1.82. The van der Waals surface area contributed by atoms with Gasteiger partial charge in [0.15, 0.2) is 6.54 Å². The molecule has 5 nitrogen and oxygen atoms in total. The minimum Gasteiger partial charge on any atom is -0.338 e. The van der Waals surface area contributed by atoms with Gasteiger partial charge in [0.05, 0.1) is 22.3 Å². The number of likely N-dealkylation sites (N-methyl/N-ethyl adjacent to an activating group) is 1. The first-order valence-corrected chi connectivity index (χ1v) is 10.3. The molecule has 3 heterocycles. The number of carbonyl (C=O) groups excluding carboxylic acids is 1. The number of rotatable bonds is 3. The Morgan fingerprint density at radius 2 is 1.92 bits per heavy atom. The van der Waals surface area contributed by atoms with Crippen LogP contribution in [0.1, 0.15) is 23.8 Å². The first-order chi connectivity index (χ1) is 12.2. The lowest BCUT2D eigenvalue weighted by Gasteiger charge is -2.33. The van der Waals surface area contributed by atoms with Crippen LogP contribution in [0.3, 0.4) is 0 Å². The Kier molecular flexibility index (Phi) is 5.01. The zero-order chi connectivity index (χ0) is 17.2. The minimum absolute atomic E-state index is 0.345. The van der Waals surface area contributed by atoms with Gasteiger partial charge in [-0.3, -0.25) is 4.79 Å². The highest BCUT2D eigenvalue weighted by atomic mass is 32.1. The maximum absolute atomic E-state index is 12.6. The number of quaternary nitrogens is 2. The molecule has 0 radical (unpaired) electrons. The van der Waals surface area contributed by atoms with Gasteiger partial charge in [0.25, 0.3) is 5.91 Å². The molecule has 6 heteroatoms. The predicted molar refractivity (Wildman–Crippen MR) is 100 cm³/mol. The number of carbonyl (C=O) groups is 1. The van der Waals surface area contributed by atoms with E-state index < -0.39 is 0 Å². The standard InChI is InChI=1S/C19H26N4OS/c1-21-10-12-22(13-11-21)14-18(24)23-8-6-15(7-9-23)19-20-16-4-2-3-5-17(16)25-19/h2-5,15H,6-14H2,1H3/p+2. The van der Waals surface area contributed by atoms with Crippen molar-refractivity contribution >= 4 is 27.5 Å². The number of benzene rings is 1. The molecule has 2 aliphatic rings. The Morgan fingerprint density at radius 3 is 2.64 bits per heavy atom. The van der Waals surface area contributed by atoms with Crippen LogP contribution in [0.15, 0.2) is 24.3 Å². The second kappa shape index (κ2) is 7.40. The summed E-state index contributed by atoms with van der Waals surface area (Å²) in [6.45, 7) is 7.07. The molecular formula is C19H28N4OS+2. The van der Waals surface area contributed by atoms with Gasteiger partial charge in [0.1, 0.15) is 26.2 Å². The van der Waals surface area contributed by atoms with Crippen molar-refractivity contribution in [2.24, 2.45) is 0 Å². The summed E-state index contributed by atoms with van der Waals surface area (Å²) in [7, 11) is 2.24. The fourth-order valence-electron chi connectivity index (χ4n) is 3.97. The van der Waals surface area contributed by atoms with Crippen molar-refractivity contribution in [1.29, 1.82) is 0 Å². The number of piperidine rings is 1. The lowest BCUT2D eigenvalue weighted by atomic mass is 9.97. The summed E-state index contributed by atoms with van der Waals surface area (Å²) < 4.78 is 1.27. The fraction of sp³-hybridized carbons (Fsp3) is 0.579. The molecule has 2 aliphatic heterocycles. The van der Waals surface area contributed by atoms with Crippen LogP contribution in [0.25, 0.3) is 10.2 Å². The lowest BCUT2D eigenvalue weighted by molar-refractivity contribution is -1.000. The molecule has 0 atom stereocenters. The summed E-state index contributed by atoms with van der Waals surface area (Å²) in [5.74, 6) is 0.860. The number of likely N-dealkylation sites (tertiary alicyclic amines) is 1. The van der Waals surface area contributed by atoms with Crippen LogP contribution in [0, 0.1) is 0 Å². The zero-order valence-electron chi connectivity index (χ0n) is 15.0. The zero-order valence-corrected chi connectivity index (χ0v) is 15.8. The lowest BCUT2D eigenvalue weighted by Crippen LogP contribution is -3.27. The third-order valence-electron chi connectivity index (χ3n) is 5.72. The molecule has 2 fully saturated rings. The van der Waals surface area contributed by atoms with Crippen LogP contribution in [-0.4, -0.2) is 68.7 Å². The van der Waals surface area contributed by atoms with Gasteiger partial charge in [-0.1, -0.05) is 12.1 Å². The number of aromatic nitrogens is 1. The van der Waals surface area contributed by atoms with E-state index in [1.807, 2.05) is 11.3 Å². The van der Waals surface area contributed by atoms with Gasteiger partial charge in [-0.15, -0.1) is 11.3 Å². The van der Waals surface area contributed by atoms with Gasteiger partial charge in [-0.05, 0) is 25.0 Å². The number of thiazole rings is 1. The van der Waals surface area contributed by atoms with E-state index >= 15 is 0 Å². The van der Waals surface area contributed by atoms with Crippen molar-refractivity contribution in [3.8, 4) is 0 Å². The summed E-state index contributed by atoms with van der Waals surface area (Å²) in [6.07, 6.45) is 2.10. The molecule has 1 aromatic heterocycles. The Hall–Kier alpha value is -1.50. The van der Waals surface area contributed by atoms with Crippen LogP contribution >= 0.6 is 11.3 Å². The highest BCUT2D eigenvalue weighted by Gasteiger charge is 2.29. The third-order valence-corrected chi connectivity index (χ3v) is 6.92. The first kappa shape index (κ1) is 16.9. The van der Waals surface area contributed by atoms with Gasteiger partial charge >= 0.3 is 0 Å². The quantitative estimate of drug-likeness (QED) is 0.769. The number of fused-ring (bicyclic) bond motifs is 1. The predicted octanol–water partition coefficient (Wildman–Crippen LogP) is -0.584. The van der Waals surface area contributed by atoms with Crippen LogP contribution in [0.4, 0.5) is 0 Å². The van der Waals surface area contributed by atoms with E-state index in [-0.39, 0.29) is 0 Å². The van der Waals surface area contributed by atoms with E-state index in [2.05, 4.69) is 36.2 Å². The van der Waals surface area contributed by atoms with E-state index in [4.69, 9.17) is 4.98 Å². The number of hydrogen-bond donors (Lipinski definition) is 2. The molecule has 0 unspecified atom stereocenters. The fourth-order valence-corrected chi connectivity index (χ4v) is 5.11. The average Bonchev–Trinajstić information content (AvgIpc) is 3.08. The van der Waals surface area contributed by atoms with E-state index in [0.717, 1.165) is 44.5 Å². The van der Waals surface area contributed by atoms with Gasteiger partial charge in [0, 0.05) is 19.0 Å². The largest absolute Gasteiger partial charge is 0.338 e. The van der Waals surface area contributed by atoms with Crippen LogP contribution in [-0.2, 0) is 4.79 Å². The summed E-state index contributed by atoms with van der Waals surface area (Å²) in [5, 5.41) is 1.25. The van der Waals surface area contributed by atoms with E-state index in [9.17, 15) is 4.79 Å². The normalized spacial score (nSPS) is 25.4. The first-order valence-electron chi connectivity index (χ1n) is 9.47. The minimum atomic E-state index is 0.345. The number of nitrogens with one attached hydrogen (secondary N) is 2. The molecule has 2 aromatic rings. The molecule has 2 saturated heterocycles. The topological polar surface area (TPSA) is 42.1 Å². The van der Waals surface area contributed by atoms with Crippen molar-refractivity contribution in [2.45, 2.75) is 18.8 Å². The maximum Gasteiger partial charge on any atom is 0.277 e. The molecule has 134 valence electrons. The summed E-state index contributed by atoms with van der Waals surface area (Å²) in [5.41, 5.74) is 1.11. The number of hydrogen-bond acceptors (Lipinski definition) is 3. The highest BCUT2D eigenvalue weighted by Crippen LogP contribution is 2.33. The third kappa shape index (κ3) is 3.86. The molecule has 2 N–H and O–H groups in total. The Morgan fingerprint density at radius 1 is 1.20 bits per heavy atom. The van der Waals surface area contributed by atoms with Crippen LogP contribution in [0.2, 0.25) is 0 Å². The SMILES string of the molecule is C[NH+]1CC[NH+](CC(=O)N2CCC(c3nc4ccccc4s3)CC2)CC1. The van der Waals surface area contributed by atoms with Crippen molar-refractivity contribution in [3.05, 3.63) is 29.3 Å². The van der Waals surface area contributed by atoms with Crippen molar-refractivity contribution in [1.82, 2.24) is 9.88 Å². The smallest absolute Gasteiger partial charge is 0.277 e. The molecular weight excluding hydrogens is 332 g/mol. The molecule has 0 spiro atoms. The van der Waals surface area contributed by atoms with Gasteiger partial charge in [0.2, 0.25) is 0 Å². The Labute approximate surface area is 153 Å². The monoisotopic (exact) mass is 360 g/mol. The van der Waals surface area contributed by atoms with E-state index in [1.54, 1.807) is 4.90 Å². The Bertz CT molecular complexity index is 697. The van der Waals surface area contributed by atoms with Crippen LogP contribution in [0.5, 0.6) is 0 Å². The number of piperazine rings is 1. The molecule has 4 rings (SSSR count). The van der Waals surface area contributed by atoms with Crippen molar-refractivity contribution in [2.75, 3.05) is 52.9 Å². The Balaban J connectivity index is 1.31. The maximum atomic E-state index is 12.6. The van der Waals surface area contributed by atoms with Gasteiger partial charge < -0.3 is 14.7 Å². The van der Waals surface area contributed by atoms with Crippen molar-refractivity contribution < 1.29 is 14.6 Å². The molecule has 25 heavy (non-hydrogen) atoms. The summed E-state index contributed by atoms with van der Waals surface area (Å²) in [6, 6.07) is 8.37. The molecule has 1 aromatic carbocycles. The molecule has 1 amide bonds. The average molecular weight is 361 g/mol. The second-order valence-electron chi connectivity index (χ2n) is 7.56. The second-order valence-corrected chi connectivity index (χ2v) is 8.62. The van der Waals surface area contributed by atoms with Gasteiger partial charge in [-0.2, -0.15) is 0 Å². The van der Waals surface area contributed by atoms with Crippen molar-refractivity contribution in [3.63, 3.8) is 0 Å². The molecule has 0 aliphatic carbocycles. The number of amides is 1. The molecule has 0 bridgehead atoms. The van der Waals surface area contributed by atoms with Gasteiger partial charge in [-0.25, -0.2) is 4.98 Å². The number of para-hydroxylation sites is 1. The van der Waals surface area contributed by atoms with E-state index in [1.165, 1.54) is 27.7 Å². The molecule has 0 saturated carbocycles. The number of nitrogens with zero attached hydrogens (tertiary/aromatic N) is 2. The summed E-state index contributed by atoms with van der Waals surface area (Å²) in [4.78, 5) is 22.6.